The quantitative estimate of drug-likeness (QED) is 0.836. The van der Waals surface area contributed by atoms with Crippen LogP contribution in [0.25, 0.3) is 0 Å². The molecule has 2 aromatic rings. The number of carboxylic acid groups (broad SMARTS) is 1. The van der Waals surface area contributed by atoms with Gasteiger partial charge in [-0.25, -0.2) is 4.79 Å². The first-order valence-corrected chi connectivity index (χ1v) is 8.63. The number of nitrogens with zero attached hydrogens (tertiary/aromatic N) is 1. The molecule has 6 heteroatoms. The van der Waals surface area contributed by atoms with E-state index in [4.69, 9.17) is 9.84 Å². The first-order valence-electron chi connectivity index (χ1n) is 8.63. The van der Waals surface area contributed by atoms with Crippen molar-refractivity contribution in [1.82, 2.24) is 10.2 Å². The maximum Gasteiger partial charge on any atom is 0.317 e. The van der Waals surface area contributed by atoms with Gasteiger partial charge in [-0.3, -0.25) is 4.79 Å². The van der Waals surface area contributed by atoms with Crippen LogP contribution >= 0.6 is 0 Å². The zero-order chi connectivity index (χ0) is 18.4. The van der Waals surface area contributed by atoms with Crippen LogP contribution in [0, 0.1) is 5.92 Å². The number of benzene rings is 2. The predicted molar refractivity (Wildman–Crippen MR) is 96.8 cm³/mol. The van der Waals surface area contributed by atoms with Crippen molar-refractivity contribution in [2.75, 3.05) is 13.1 Å². The molecule has 2 aromatic carbocycles. The van der Waals surface area contributed by atoms with Crippen molar-refractivity contribution < 1.29 is 19.4 Å². The van der Waals surface area contributed by atoms with Gasteiger partial charge in [-0.05, 0) is 29.7 Å². The van der Waals surface area contributed by atoms with Crippen molar-refractivity contribution in [1.29, 1.82) is 0 Å². The fraction of sp³-hybridized carbons (Fsp3) is 0.300. The number of hydrogen-bond donors (Lipinski definition) is 2. The van der Waals surface area contributed by atoms with E-state index in [2.05, 4.69) is 5.32 Å². The Bertz CT molecular complexity index is 763. The monoisotopic (exact) mass is 354 g/mol. The van der Waals surface area contributed by atoms with E-state index in [1.807, 2.05) is 54.6 Å². The van der Waals surface area contributed by atoms with E-state index >= 15 is 0 Å². The third-order valence-electron chi connectivity index (χ3n) is 4.42. The van der Waals surface area contributed by atoms with Crippen molar-refractivity contribution >= 4 is 12.0 Å². The number of carbonyl (C=O) groups is 2. The summed E-state index contributed by atoms with van der Waals surface area (Å²) in [6.07, 6.45) is 0.506. The molecule has 0 aliphatic carbocycles. The Morgan fingerprint density at radius 2 is 1.88 bits per heavy atom. The number of aliphatic carboxylic acids is 1. The van der Waals surface area contributed by atoms with Gasteiger partial charge in [0.25, 0.3) is 0 Å². The van der Waals surface area contributed by atoms with Gasteiger partial charge in [0, 0.05) is 19.6 Å². The fourth-order valence-corrected chi connectivity index (χ4v) is 2.92. The molecule has 0 saturated carbocycles. The van der Waals surface area contributed by atoms with Gasteiger partial charge in [0.2, 0.25) is 0 Å². The molecule has 136 valence electrons. The molecule has 1 aliphatic heterocycles. The van der Waals surface area contributed by atoms with Gasteiger partial charge in [-0.2, -0.15) is 0 Å². The van der Waals surface area contributed by atoms with Crippen LogP contribution in [0.3, 0.4) is 0 Å². The molecule has 1 aliphatic rings. The minimum absolute atomic E-state index is 0.232. The van der Waals surface area contributed by atoms with Gasteiger partial charge < -0.3 is 20.1 Å². The lowest BCUT2D eigenvalue weighted by Crippen LogP contribution is -2.38. The van der Waals surface area contributed by atoms with Crippen molar-refractivity contribution in [3.05, 3.63) is 65.7 Å². The van der Waals surface area contributed by atoms with Gasteiger partial charge in [0.1, 0.15) is 12.4 Å². The summed E-state index contributed by atoms with van der Waals surface area (Å²) in [7, 11) is 0. The maximum atomic E-state index is 12.2. The molecule has 0 spiro atoms. The summed E-state index contributed by atoms with van der Waals surface area (Å²) in [5, 5.41) is 11.9. The highest BCUT2D eigenvalue weighted by atomic mass is 16.5. The summed E-state index contributed by atoms with van der Waals surface area (Å²) < 4.78 is 5.79. The van der Waals surface area contributed by atoms with E-state index < -0.39 is 11.9 Å². The van der Waals surface area contributed by atoms with Crippen LogP contribution in [0.15, 0.2) is 54.6 Å². The molecule has 2 N–H and O–H groups in total. The normalized spacial score (nSPS) is 16.3. The summed E-state index contributed by atoms with van der Waals surface area (Å²) in [4.78, 5) is 24.7. The number of rotatable bonds is 6. The number of hydrogen-bond acceptors (Lipinski definition) is 3. The van der Waals surface area contributed by atoms with Gasteiger partial charge in [-0.1, -0.05) is 42.5 Å². The molecule has 0 radical (unpaired) electrons. The van der Waals surface area contributed by atoms with Crippen LogP contribution in [0.4, 0.5) is 4.79 Å². The standard InChI is InChI=1S/C20H22N2O4/c23-19(24)17-9-10-22(13-17)20(25)21-12-16-7-4-8-18(11-16)26-14-15-5-2-1-3-6-15/h1-8,11,17H,9-10,12-14H2,(H,21,25)(H,23,24). The molecule has 3 rings (SSSR count). The Hall–Kier alpha value is -3.02. The Morgan fingerprint density at radius 1 is 1.12 bits per heavy atom. The number of carboxylic acids is 1. The smallest absolute Gasteiger partial charge is 0.317 e. The van der Waals surface area contributed by atoms with Crippen LogP contribution in [0.1, 0.15) is 17.5 Å². The van der Waals surface area contributed by atoms with Gasteiger partial charge in [0.05, 0.1) is 5.92 Å². The van der Waals surface area contributed by atoms with Crippen LogP contribution in [-0.2, 0) is 17.9 Å². The second-order valence-electron chi connectivity index (χ2n) is 6.35. The predicted octanol–water partition coefficient (Wildman–Crippen LogP) is 2.88. The second-order valence-corrected chi connectivity index (χ2v) is 6.35. The number of amides is 2. The lowest BCUT2D eigenvalue weighted by atomic mass is 10.1. The average Bonchev–Trinajstić information content (AvgIpc) is 3.16. The minimum Gasteiger partial charge on any atom is -0.489 e. The van der Waals surface area contributed by atoms with Crippen LogP contribution in [0.5, 0.6) is 5.75 Å². The molecule has 0 aromatic heterocycles. The zero-order valence-corrected chi connectivity index (χ0v) is 14.4. The highest BCUT2D eigenvalue weighted by Gasteiger charge is 2.30. The summed E-state index contributed by atoms with van der Waals surface area (Å²) in [6.45, 7) is 1.60. The van der Waals surface area contributed by atoms with E-state index in [0.717, 1.165) is 16.9 Å². The summed E-state index contributed by atoms with van der Waals surface area (Å²) in [5.41, 5.74) is 2.02. The van der Waals surface area contributed by atoms with Crippen LogP contribution in [-0.4, -0.2) is 35.1 Å². The van der Waals surface area contributed by atoms with Crippen molar-refractivity contribution in [3.63, 3.8) is 0 Å². The molecular weight excluding hydrogens is 332 g/mol. The van der Waals surface area contributed by atoms with Crippen molar-refractivity contribution in [3.8, 4) is 5.75 Å². The first-order chi connectivity index (χ1) is 12.6. The van der Waals surface area contributed by atoms with Crippen molar-refractivity contribution in [2.45, 2.75) is 19.6 Å². The molecule has 6 nitrogen and oxygen atoms in total. The Balaban J connectivity index is 1.49. The molecular formula is C20H22N2O4. The summed E-state index contributed by atoms with van der Waals surface area (Å²) >= 11 is 0. The molecule has 1 atom stereocenters. The molecule has 26 heavy (non-hydrogen) atoms. The van der Waals surface area contributed by atoms with Gasteiger partial charge >= 0.3 is 12.0 Å². The third-order valence-corrected chi connectivity index (χ3v) is 4.42. The third kappa shape index (κ3) is 4.75. The Morgan fingerprint density at radius 3 is 2.62 bits per heavy atom. The number of nitrogens with one attached hydrogen (secondary N) is 1. The molecule has 1 unspecified atom stereocenters. The number of carbonyl (C=O) groups excluding carboxylic acids is 1. The number of likely N-dealkylation sites (tertiary alicyclic amines) is 1. The first kappa shape index (κ1) is 17.8. The molecule has 1 saturated heterocycles. The lowest BCUT2D eigenvalue weighted by Gasteiger charge is -2.17. The van der Waals surface area contributed by atoms with Crippen LogP contribution < -0.4 is 10.1 Å². The Labute approximate surface area is 152 Å². The van der Waals surface area contributed by atoms with Crippen molar-refractivity contribution in [2.24, 2.45) is 5.92 Å². The minimum atomic E-state index is -0.844. The van der Waals surface area contributed by atoms with Crippen LogP contribution in [0.2, 0.25) is 0 Å². The lowest BCUT2D eigenvalue weighted by molar-refractivity contribution is -0.141. The molecule has 0 bridgehead atoms. The largest absolute Gasteiger partial charge is 0.489 e. The summed E-state index contributed by atoms with van der Waals surface area (Å²) in [5.74, 6) is -0.563. The van der Waals surface area contributed by atoms with Gasteiger partial charge in [0.15, 0.2) is 0 Å². The average molecular weight is 354 g/mol. The van der Waals surface area contributed by atoms with E-state index in [1.54, 1.807) is 4.90 Å². The Kier molecular flexibility index (Phi) is 5.73. The number of urea groups is 1. The second kappa shape index (κ2) is 8.38. The van der Waals surface area contributed by atoms with Gasteiger partial charge in [-0.15, -0.1) is 0 Å². The molecule has 1 fully saturated rings. The number of ether oxygens (including phenoxy) is 1. The maximum absolute atomic E-state index is 12.2. The zero-order valence-electron chi connectivity index (χ0n) is 14.4. The highest BCUT2D eigenvalue weighted by Crippen LogP contribution is 2.17. The summed E-state index contributed by atoms with van der Waals surface area (Å²) in [6, 6.07) is 17.3. The molecule has 1 heterocycles. The van der Waals surface area contributed by atoms with E-state index in [0.29, 0.717) is 26.1 Å². The van der Waals surface area contributed by atoms with E-state index in [-0.39, 0.29) is 12.6 Å². The SMILES string of the molecule is O=C(O)C1CCN(C(=O)NCc2cccc(OCc3ccccc3)c2)C1. The topological polar surface area (TPSA) is 78.9 Å². The highest BCUT2D eigenvalue weighted by molar-refractivity contribution is 5.77. The van der Waals surface area contributed by atoms with E-state index in [1.165, 1.54) is 0 Å². The molecule has 2 amide bonds. The van der Waals surface area contributed by atoms with E-state index in [9.17, 15) is 9.59 Å². The fourth-order valence-electron chi connectivity index (χ4n) is 2.92.